The number of benzene rings is 1. The average molecular weight is 500 g/mol. The SMILES string of the molecule is C[C@]12CC3CC(NC(=O)c4cn(CCN5CCOCC5)c5ccccc5c4=O)(C1)C[C@@](C)(C3)C2.Cl. The number of carbonyl (C=O) groups is 1. The summed E-state index contributed by atoms with van der Waals surface area (Å²) in [6, 6.07) is 7.69. The molecule has 1 N–H and O–H groups in total. The highest BCUT2D eigenvalue weighted by atomic mass is 35.5. The maximum absolute atomic E-state index is 13.7. The zero-order valence-corrected chi connectivity index (χ0v) is 21.8. The number of ether oxygens (including phenoxy) is 1. The molecule has 7 rings (SSSR count). The molecule has 0 radical (unpaired) electrons. The van der Waals surface area contributed by atoms with Crippen LogP contribution in [0, 0.1) is 16.7 Å². The standard InChI is InChI=1S/C28H37N3O3.ClH/c1-26-13-20-14-27(2,17-26)19-28(15-20,18-26)29-25(33)22-16-31(8-7-30-9-11-34-12-10-30)23-6-4-3-5-21(23)24(22)32;/h3-6,16,20H,7-15,17-19H2,1-2H3,(H,29,33);1H/t20?,26-,27+,28?;. The first-order chi connectivity index (χ1) is 16.3. The number of morpholine rings is 1. The molecule has 0 spiro atoms. The van der Waals surface area contributed by atoms with E-state index >= 15 is 0 Å². The predicted octanol–water partition coefficient (Wildman–Crippen LogP) is 4.23. The second-order valence-corrected chi connectivity index (χ2v) is 12.4. The summed E-state index contributed by atoms with van der Waals surface area (Å²) >= 11 is 0. The molecule has 2 heterocycles. The van der Waals surface area contributed by atoms with E-state index in [2.05, 4.69) is 28.6 Å². The van der Waals surface area contributed by atoms with E-state index in [0.29, 0.717) is 22.1 Å². The van der Waals surface area contributed by atoms with E-state index in [9.17, 15) is 9.59 Å². The Labute approximate surface area is 213 Å². The molecule has 7 heteroatoms. The van der Waals surface area contributed by atoms with Gasteiger partial charge in [0.1, 0.15) is 5.56 Å². The van der Waals surface area contributed by atoms with Crippen molar-refractivity contribution in [2.45, 2.75) is 64.5 Å². The Morgan fingerprint density at radius 2 is 1.71 bits per heavy atom. The highest BCUT2D eigenvalue weighted by Gasteiger charge is 2.60. The summed E-state index contributed by atoms with van der Waals surface area (Å²) in [7, 11) is 0. The van der Waals surface area contributed by atoms with Gasteiger partial charge in [-0.3, -0.25) is 14.5 Å². The lowest BCUT2D eigenvalue weighted by molar-refractivity contribution is -0.114. The Morgan fingerprint density at radius 3 is 2.40 bits per heavy atom. The van der Waals surface area contributed by atoms with Crippen molar-refractivity contribution in [3.8, 4) is 0 Å². The van der Waals surface area contributed by atoms with Gasteiger partial charge in [0, 0.05) is 43.3 Å². The molecule has 2 aromatic rings. The van der Waals surface area contributed by atoms with Gasteiger partial charge in [0.2, 0.25) is 5.43 Å². The first kappa shape index (κ1) is 24.8. The van der Waals surface area contributed by atoms with E-state index < -0.39 is 0 Å². The molecule has 5 fully saturated rings. The van der Waals surface area contributed by atoms with Crippen LogP contribution in [0.3, 0.4) is 0 Å². The molecule has 4 saturated carbocycles. The number of fused-ring (bicyclic) bond motifs is 1. The summed E-state index contributed by atoms with van der Waals surface area (Å²) in [5.74, 6) is 0.498. The molecule has 1 saturated heterocycles. The molecule has 35 heavy (non-hydrogen) atoms. The minimum Gasteiger partial charge on any atom is -0.379 e. The largest absolute Gasteiger partial charge is 0.379 e. The van der Waals surface area contributed by atoms with Gasteiger partial charge in [0.05, 0.1) is 18.7 Å². The van der Waals surface area contributed by atoms with Crippen molar-refractivity contribution in [1.29, 1.82) is 0 Å². The van der Waals surface area contributed by atoms with Crippen LogP contribution in [0.2, 0.25) is 0 Å². The van der Waals surface area contributed by atoms with E-state index in [1.54, 1.807) is 0 Å². The fourth-order valence-corrected chi connectivity index (χ4v) is 8.66. The van der Waals surface area contributed by atoms with E-state index in [-0.39, 0.29) is 34.8 Å². The van der Waals surface area contributed by atoms with Crippen LogP contribution < -0.4 is 10.7 Å². The number of nitrogens with one attached hydrogen (secondary N) is 1. The first-order valence-corrected chi connectivity index (χ1v) is 13.0. The Morgan fingerprint density at radius 1 is 1.03 bits per heavy atom. The Hall–Kier alpha value is -1.89. The molecule has 1 aromatic carbocycles. The van der Waals surface area contributed by atoms with Gasteiger partial charge in [-0.05, 0) is 67.4 Å². The number of para-hydroxylation sites is 1. The Kier molecular flexibility index (Phi) is 6.30. The predicted molar refractivity (Wildman–Crippen MR) is 140 cm³/mol. The molecule has 1 aliphatic heterocycles. The van der Waals surface area contributed by atoms with Gasteiger partial charge in [-0.15, -0.1) is 12.4 Å². The first-order valence-electron chi connectivity index (χ1n) is 13.0. The van der Waals surface area contributed by atoms with Gasteiger partial charge in [-0.25, -0.2) is 0 Å². The van der Waals surface area contributed by atoms with Crippen molar-refractivity contribution in [2.75, 3.05) is 32.8 Å². The normalized spacial score (nSPS) is 34.1. The maximum atomic E-state index is 13.7. The molecule has 1 aromatic heterocycles. The zero-order chi connectivity index (χ0) is 23.6. The van der Waals surface area contributed by atoms with Crippen LogP contribution in [0.1, 0.15) is 62.7 Å². The zero-order valence-electron chi connectivity index (χ0n) is 21.0. The highest BCUT2D eigenvalue weighted by molar-refractivity contribution is 5.97. The lowest BCUT2D eigenvalue weighted by atomic mass is 9.43. The van der Waals surface area contributed by atoms with Crippen LogP contribution >= 0.6 is 12.4 Å². The van der Waals surface area contributed by atoms with Crippen LogP contribution in [0.25, 0.3) is 10.9 Å². The quantitative estimate of drug-likeness (QED) is 0.668. The van der Waals surface area contributed by atoms with Crippen LogP contribution in [0.5, 0.6) is 0 Å². The highest BCUT2D eigenvalue weighted by Crippen LogP contribution is 2.66. The summed E-state index contributed by atoms with van der Waals surface area (Å²) in [4.78, 5) is 29.5. The van der Waals surface area contributed by atoms with E-state index in [1.165, 1.54) is 19.3 Å². The van der Waals surface area contributed by atoms with Crippen LogP contribution in [0.4, 0.5) is 0 Å². The van der Waals surface area contributed by atoms with Crippen molar-refractivity contribution >= 4 is 29.2 Å². The molecule has 6 nitrogen and oxygen atoms in total. The average Bonchev–Trinajstić information content (AvgIpc) is 2.76. The van der Waals surface area contributed by atoms with Crippen LogP contribution in [0.15, 0.2) is 35.3 Å². The van der Waals surface area contributed by atoms with Gasteiger partial charge >= 0.3 is 0 Å². The number of carbonyl (C=O) groups excluding carboxylic acids is 1. The number of aromatic nitrogens is 1. The van der Waals surface area contributed by atoms with Gasteiger partial charge < -0.3 is 14.6 Å². The fraction of sp³-hybridized carbons (Fsp3) is 0.643. The molecule has 2 unspecified atom stereocenters. The Balaban J connectivity index is 0.00000253. The second kappa shape index (κ2) is 8.89. The third kappa shape index (κ3) is 4.54. The minimum atomic E-state index is -0.190. The molecule has 5 aliphatic rings. The molecule has 4 bridgehead atoms. The summed E-state index contributed by atoms with van der Waals surface area (Å²) in [5, 5.41) is 4.08. The summed E-state index contributed by atoms with van der Waals surface area (Å²) in [6.07, 6.45) is 8.77. The van der Waals surface area contributed by atoms with E-state index in [1.807, 2.05) is 30.5 Å². The van der Waals surface area contributed by atoms with Gasteiger partial charge in [0.25, 0.3) is 5.91 Å². The van der Waals surface area contributed by atoms with Crippen molar-refractivity contribution in [3.05, 3.63) is 46.2 Å². The lowest BCUT2D eigenvalue weighted by Crippen LogP contribution is -2.65. The summed E-state index contributed by atoms with van der Waals surface area (Å²) in [5.41, 5.74) is 1.47. The minimum absolute atomic E-state index is 0. The monoisotopic (exact) mass is 499 g/mol. The van der Waals surface area contributed by atoms with Crippen molar-refractivity contribution in [1.82, 2.24) is 14.8 Å². The molecular formula is C28H38ClN3O3. The molecule has 190 valence electrons. The number of hydrogen-bond donors (Lipinski definition) is 1. The number of halogens is 1. The molecular weight excluding hydrogens is 462 g/mol. The summed E-state index contributed by atoms with van der Waals surface area (Å²) < 4.78 is 7.58. The third-order valence-electron chi connectivity index (χ3n) is 9.00. The lowest BCUT2D eigenvalue weighted by Gasteiger charge is -2.65. The van der Waals surface area contributed by atoms with Crippen molar-refractivity contribution < 1.29 is 9.53 Å². The van der Waals surface area contributed by atoms with Crippen LogP contribution in [-0.2, 0) is 11.3 Å². The van der Waals surface area contributed by atoms with Gasteiger partial charge in [-0.1, -0.05) is 26.0 Å². The maximum Gasteiger partial charge on any atom is 0.257 e. The number of nitrogens with zero attached hydrogens (tertiary/aromatic N) is 2. The van der Waals surface area contributed by atoms with Gasteiger partial charge in [-0.2, -0.15) is 0 Å². The second-order valence-electron chi connectivity index (χ2n) is 12.4. The molecule has 4 aliphatic carbocycles. The number of rotatable bonds is 5. The topological polar surface area (TPSA) is 63.6 Å². The molecule has 1 amide bonds. The summed E-state index contributed by atoms with van der Waals surface area (Å²) in [6.45, 7) is 9.80. The van der Waals surface area contributed by atoms with Gasteiger partial charge in [0.15, 0.2) is 0 Å². The third-order valence-corrected chi connectivity index (χ3v) is 9.00. The Bertz CT molecular complexity index is 1170. The number of amides is 1. The smallest absolute Gasteiger partial charge is 0.257 e. The molecule has 4 atom stereocenters. The fourth-order valence-electron chi connectivity index (χ4n) is 8.66. The van der Waals surface area contributed by atoms with Crippen molar-refractivity contribution in [3.63, 3.8) is 0 Å². The van der Waals surface area contributed by atoms with E-state index in [0.717, 1.165) is 64.2 Å². The number of hydrogen-bond acceptors (Lipinski definition) is 4. The van der Waals surface area contributed by atoms with Crippen molar-refractivity contribution in [2.24, 2.45) is 16.7 Å². The van der Waals surface area contributed by atoms with E-state index in [4.69, 9.17) is 4.74 Å². The number of pyridine rings is 1. The van der Waals surface area contributed by atoms with Crippen LogP contribution in [-0.4, -0.2) is 53.8 Å².